The number of alkyl carbamates (subject to hydrolysis) is 1. The van der Waals surface area contributed by atoms with Crippen molar-refractivity contribution in [1.29, 1.82) is 5.26 Å². The minimum atomic E-state index is -0.526. The normalized spacial score (nSPS) is 9.68. The number of ether oxygens (including phenoxy) is 3. The summed E-state index contributed by atoms with van der Waals surface area (Å²) in [4.78, 5) is 36.3. The van der Waals surface area contributed by atoms with Crippen LogP contribution in [-0.2, 0) is 23.8 Å². The molecule has 9 heteroatoms. The average Bonchev–Trinajstić information content (AvgIpc) is 2.69. The fourth-order valence-electron chi connectivity index (χ4n) is 2.34. The molecule has 0 spiro atoms. The number of nitrogens with one attached hydrogen (secondary N) is 1. The molecule has 0 aromatic rings. The van der Waals surface area contributed by atoms with Crippen molar-refractivity contribution in [3.8, 4) is 6.26 Å². The third-order valence-corrected chi connectivity index (χ3v) is 3.80. The lowest BCUT2D eigenvalue weighted by molar-refractivity contribution is -0.144. The Kier molecular flexibility index (Phi) is 18.8. The third-order valence-electron chi connectivity index (χ3n) is 3.80. The van der Waals surface area contributed by atoms with Gasteiger partial charge in [-0.1, -0.05) is 32.1 Å². The molecule has 158 valence electrons. The van der Waals surface area contributed by atoms with Crippen molar-refractivity contribution in [3.05, 3.63) is 0 Å². The highest BCUT2D eigenvalue weighted by molar-refractivity contribution is 5.69. The second kappa shape index (κ2) is 20.7. The van der Waals surface area contributed by atoms with Gasteiger partial charge in [0.1, 0.15) is 19.8 Å². The molecule has 0 aliphatic rings. The number of unbranched alkanes of at least 4 members (excludes halogenated alkanes) is 7. The predicted octanol–water partition coefficient (Wildman–Crippen LogP) is 2.99. The number of carbonyl (C=O) groups excluding carboxylic acids is 3. The third kappa shape index (κ3) is 19.7. The first kappa shape index (κ1) is 25.4. The first-order valence-electron chi connectivity index (χ1n) is 9.81. The molecule has 0 atom stereocenters. The summed E-state index contributed by atoms with van der Waals surface area (Å²) < 4.78 is 14.5. The van der Waals surface area contributed by atoms with Crippen LogP contribution in [0.2, 0.25) is 0 Å². The van der Waals surface area contributed by atoms with Crippen LogP contribution in [0, 0.1) is 11.5 Å². The zero-order valence-corrected chi connectivity index (χ0v) is 16.5. The first-order chi connectivity index (χ1) is 13.7. The Balaban J connectivity index is 3.34. The maximum absolute atomic E-state index is 11.5. The van der Waals surface area contributed by atoms with Crippen LogP contribution in [0.25, 0.3) is 0 Å². The second-order valence-electron chi connectivity index (χ2n) is 6.13. The van der Waals surface area contributed by atoms with E-state index in [1.807, 2.05) is 0 Å². The molecule has 0 heterocycles. The summed E-state index contributed by atoms with van der Waals surface area (Å²) in [5, 5.41) is 10.8. The van der Waals surface area contributed by atoms with E-state index in [1.54, 1.807) is 6.26 Å². The smallest absolute Gasteiger partial charge is 0.407 e. The standard InChI is InChI=1S/C19H31N3O6/c20-16-26-13-9-5-1-2-6-10-18(24)27-14-15-28-19(25)22-12-8-4-3-7-11-21-17-23/h1-15H2,(H,22,25). The number of nitriles is 1. The van der Waals surface area contributed by atoms with Crippen LogP contribution in [0.5, 0.6) is 0 Å². The van der Waals surface area contributed by atoms with Gasteiger partial charge in [0.25, 0.3) is 6.26 Å². The highest BCUT2D eigenvalue weighted by Gasteiger charge is 2.05. The number of nitrogens with zero attached hydrogens (tertiary/aromatic N) is 2. The molecule has 0 saturated heterocycles. The maximum Gasteiger partial charge on any atom is 0.407 e. The van der Waals surface area contributed by atoms with Gasteiger partial charge in [-0.3, -0.25) is 4.79 Å². The topological polar surface area (TPSA) is 127 Å². The largest absolute Gasteiger partial charge is 0.462 e. The lowest BCUT2D eigenvalue weighted by Crippen LogP contribution is -2.26. The Labute approximate surface area is 166 Å². The Hall–Kier alpha value is -2.59. The van der Waals surface area contributed by atoms with Crippen LogP contribution >= 0.6 is 0 Å². The number of isocyanates is 1. The molecule has 1 amide bonds. The van der Waals surface area contributed by atoms with Gasteiger partial charge in [-0.05, 0) is 25.7 Å². The zero-order chi connectivity index (χ0) is 20.7. The van der Waals surface area contributed by atoms with E-state index < -0.39 is 6.09 Å². The number of rotatable bonds is 18. The summed E-state index contributed by atoms with van der Waals surface area (Å²) in [6, 6.07) is 0. The Morgan fingerprint density at radius 2 is 1.54 bits per heavy atom. The minimum Gasteiger partial charge on any atom is -0.462 e. The van der Waals surface area contributed by atoms with Gasteiger partial charge in [0.05, 0.1) is 6.54 Å². The molecule has 0 unspecified atom stereocenters. The zero-order valence-electron chi connectivity index (χ0n) is 16.5. The lowest BCUT2D eigenvalue weighted by atomic mass is 10.1. The Bertz CT molecular complexity index is 500. The summed E-state index contributed by atoms with van der Waals surface area (Å²) in [5.74, 6) is -0.296. The number of aliphatic imine (C=N–C) groups is 1. The van der Waals surface area contributed by atoms with E-state index in [0.29, 0.717) is 26.1 Å². The first-order valence-corrected chi connectivity index (χ1v) is 9.81. The van der Waals surface area contributed by atoms with Gasteiger partial charge in [0, 0.05) is 13.0 Å². The van der Waals surface area contributed by atoms with Crippen molar-refractivity contribution < 1.29 is 28.6 Å². The summed E-state index contributed by atoms with van der Waals surface area (Å²) in [6.07, 6.45) is 10.9. The van der Waals surface area contributed by atoms with Crippen LogP contribution < -0.4 is 5.32 Å². The number of hydrogen-bond donors (Lipinski definition) is 1. The van der Waals surface area contributed by atoms with Gasteiger partial charge in [-0.15, -0.1) is 0 Å². The van der Waals surface area contributed by atoms with Crippen molar-refractivity contribution >= 4 is 18.1 Å². The van der Waals surface area contributed by atoms with E-state index in [9.17, 15) is 14.4 Å². The molecule has 0 radical (unpaired) electrons. The number of amides is 1. The van der Waals surface area contributed by atoms with E-state index in [4.69, 9.17) is 14.7 Å². The highest BCUT2D eigenvalue weighted by atomic mass is 16.6. The molecule has 9 nitrogen and oxygen atoms in total. The molecule has 0 fully saturated rings. The predicted molar refractivity (Wildman–Crippen MR) is 101 cm³/mol. The van der Waals surface area contributed by atoms with Crippen molar-refractivity contribution in [3.63, 3.8) is 0 Å². The average molecular weight is 397 g/mol. The van der Waals surface area contributed by atoms with Crippen LogP contribution in [0.1, 0.15) is 64.2 Å². The molecule has 0 aromatic heterocycles. The molecule has 0 bridgehead atoms. The lowest BCUT2D eigenvalue weighted by Gasteiger charge is -2.08. The van der Waals surface area contributed by atoms with E-state index in [-0.39, 0.29) is 19.2 Å². The van der Waals surface area contributed by atoms with Crippen LogP contribution in [-0.4, -0.2) is 51.1 Å². The molecule has 0 rings (SSSR count). The number of carbonyl (C=O) groups is 2. The quantitative estimate of drug-likeness (QED) is 0.124. The van der Waals surface area contributed by atoms with E-state index in [2.05, 4.69) is 15.0 Å². The van der Waals surface area contributed by atoms with Gasteiger partial charge in [0.2, 0.25) is 6.08 Å². The highest BCUT2D eigenvalue weighted by Crippen LogP contribution is 2.06. The van der Waals surface area contributed by atoms with E-state index in [0.717, 1.165) is 57.8 Å². The minimum absolute atomic E-state index is 0.0279. The fourth-order valence-corrected chi connectivity index (χ4v) is 2.34. The number of hydrogen-bond acceptors (Lipinski definition) is 8. The number of esters is 1. The summed E-state index contributed by atoms with van der Waals surface area (Å²) in [5.41, 5.74) is 0. The van der Waals surface area contributed by atoms with Crippen molar-refractivity contribution in [2.45, 2.75) is 64.2 Å². The van der Waals surface area contributed by atoms with E-state index >= 15 is 0 Å². The fraction of sp³-hybridized carbons (Fsp3) is 0.789. The van der Waals surface area contributed by atoms with Gasteiger partial charge < -0.3 is 19.5 Å². The summed E-state index contributed by atoms with van der Waals surface area (Å²) in [7, 11) is 0. The van der Waals surface area contributed by atoms with Gasteiger partial charge in [-0.25, -0.2) is 14.6 Å². The molecule has 0 aromatic carbocycles. The van der Waals surface area contributed by atoms with E-state index in [1.165, 1.54) is 6.08 Å². The summed E-state index contributed by atoms with van der Waals surface area (Å²) >= 11 is 0. The van der Waals surface area contributed by atoms with Crippen molar-refractivity contribution in [2.75, 3.05) is 32.9 Å². The molecule has 1 N–H and O–H groups in total. The molecule has 0 aliphatic heterocycles. The van der Waals surface area contributed by atoms with Crippen LogP contribution in [0.3, 0.4) is 0 Å². The van der Waals surface area contributed by atoms with Crippen LogP contribution in [0.4, 0.5) is 4.79 Å². The molecule has 28 heavy (non-hydrogen) atoms. The maximum atomic E-state index is 11.5. The van der Waals surface area contributed by atoms with Crippen molar-refractivity contribution in [2.24, 2.45) is 4.99 Å². The van der Waals surface area contributed by atoms with Gasteiger partial charge >= 0.3 is 12.1 Å². The molecule has 0 saturated carbocycles. The second-order valence-corrected chi connectivity index (χ2v) is 6.13. The van der Waals surface area contributed by atoms with Crippen LogP contribution in [0.15, 0.2) is 4.99 Å². The van der Waals surface area contributed by atoms with Crippen molar-refractivity contribution in [1.82, 2.24) is 5.32 Å². The monoisotopic (exact) mass is 397 g/mol. The molecular formula is C19H31N3O6. The van der Waals surface area contributed by atoms with Gasteiger partial charge in [-0.2, -0.15) is 5.26 Å². The SMILES string of the molecule is N#COCCCCCCCC(=O)OCCOC(=O)NCCCCCCN=C=O. The Morgan fingerprint density at radius 3 is 2.32 bits per heavy atom. The Morgan fingerprint density at radius 1 is 0.857 bits per heavy atom. The summed E-state index contributed by atoms with van der Waals surface area (Å²) in [6.45, 7) is 1.54. The molecule has 0 aliphatic carbocycles. The molecular weight excluding hydrogens is 366 g/mol. The van der Waals surface area contributed by atoms with Gasteiger partial charge in [0.15, 0.2) is 0 Å².